The molecule has 114 valence electrons. The van der Waals surface area contributed by atoms with Gasteiger partial charge in [0.05, 0.1) is 11.1 Å². The molecule has 0 bridgehead atoms. The smallest absolute Gasteiger partial charge is 0.364 e. The molecule has 0 fully saturated rings. The molecular formula is C14H8N4O5. The van der Waals surface area contributed by atoms with Crippen molar-refractivity contribution in [1.82, 2.24) is 15.0 Å². The van der Waals surface area contributed by atoms with Crippen molar-refractivity contribution in [2.75, 3.05) is 0 Å². The molecule has 9 nitrogen and oxygen atoms in total. The van der Waals surface area contributed by atoms with Gasteiger partial charge in [-0.2, -0.15) is 0 Å². The van der Waals surface area contributed by atoms with E-state index >= 15 is 0 Å². The number of carbonyl (C=O) groups is 4. The highest BCUT2D eigenvalue weighted by Gasteiger charge is 2.39. The number of rotatable bonds is 3. The van der Waals surface area contributed by atoms with E-state index in [1.807, 2.05) is 0 Å². The molecule has 1 aliphatic rings. The number of nitrogens with two attached hydrogens (primary N) is 1. The van der Waals surface area contributed by atoms with E-state index in [1.54, 1.807) is 12.1 Å². The third-order valence-corrected chi connectivity index (χ3v) is 3.06. The highest BCUT2D eigenvalue weighted by molar-refractivity contribution is 6.21. The summed E-state index contributed by atoms with van der Waals surface area (Å²) in [7, 11) is 0. The van der Waals surface area contributed by atoms with Gasteiger partial charge in [0.25, 0.3) is 17.7 Å². The first kappa shape index (κ1) is 14.3. The third kappa shape index (κ3) is 2.29. The van der Waals surface area contributed by atoms with Crippen molar-refractivity contribution in [1.29, 1.82) is 0 Å². The number of carbonyl (C=O) groups excluding carboxylic acids is 4. The molecule has 0 saturated carbocycles. The largest absolute Gasteiger partial charge is 0.384 e. The lowest BCUT2D eigenvalue weighted by atomic mass is 10.1. The second-order valence-electron chi connectivity index (χ2n) is 4.45. The monoisotopic (exact) mass is 312 g/mol. The molecular weight excluding hydrogens is 304 g/mol. The minimum absolute atomic E-state index is 0.111. The van der Waals surface area contributed by atoms with Crippen LogP contribution in [0.15, 0.2) is 36.7 Å². The number of primary amides is 1. The maximum atomic E-state index is 12.1. The summed E-state index contributed by atoms with van der Waals surface area (Å²) in [6.07, 6.45) is 2.31. The average molecular weight is 312 g/mol. The Balaban J connectivity index is 1.90. The lowest BCUT2D eigenvalue weighted by molar-refractivity contribution is -0.0589. The predicted octanol–water partition coefficient (Wildman–Crippen LogP) is -0.0565. The van der Waals surface area contributed by atoms with E-state index in [9.17, 15) is 19.2 Å². The van der Waals surface area contributed by atoms with Gasteiger partial charge in [-0.05, 0) is 12.1 Å². The molecule has 1 aromatic carbocycles. The van der Waals surface area contributed by atoms with E-state index < -0.39 is 35.1 Å². The van der Waals surface area contributed by atoms with Crippen LogP contribution in [-0.4, -0.2) is 38.7 Å². The van der Waals surface area contributed by atoms with Crippen LogP contribution in [0.25, 0.3) is 0 Å². The molecule has 1 aromatic heterocycles. The molecule has 23 heavy (non-hydrogen) atoms. The predicted molar refractivity (Wildman–Crippen MR) is 72.9 cm³/mol. The third-order valence-electron chi connectivity index (χ3n) is 3.06. The first-order valence-electron chi connectivity index (χ1n) is 6.31. The van der Waals surface area contributed by atoms with Crippen molar-refractivity contribution in [3.63, 3.8) is 0 Å². The summed E-state index contributed by atoms with van der Waals surface area (Å²) in [6, 6.07) is 6.01. The molecule has 0 saturated heterocycles. The molecule has 2 aromatic rings. The Morgan fingerprint density at radius 2 is 1.48 bits per heavy atom. The van der Waals surface area contributed by atoms with Crippen LogP contribution in [0.3, 0.4) is 0 Å². The molecule has 0 spiro atoms. The first-order valence-corrected chi connectivity index (χ1v) is 6.31. The van der Waals surface area contributed by atoms with Crippen molar-refractivity contribution in [3.05, 3.63) is 59.2 Å². The second kappa shape index (κ2) is 5.30. The number of fused-ring (bicyclic) bond motifs is 1. The fraction of sp³-hybridized carbons (Fsp3) is 0. The van der Waals surface area contributed by atoms with Crippen LogP contribution in [0.2, 0.25) is 0 Å². The Labute approximate surface area is 128 Å². The maximum Gasteiger partial charge on any atom is 0.384 e. The Kier molecular flexibility index (Phi) is 3.30. The summed E-state index contributed by atoms with van der Waals surface area (Å²) in [6.45, 7) is 0. The quantitative estimate of drug-likeness (QED) is 0.785. The Hall–Kier alpha value is -3.62. The number of amides is 3. The van der Waals surface area contributed by atoms with Gasteiger partial charge in [-0.3, -0.25) is 14.4 Å². The van der Waals surface area contributed by atoms with E-state index in [2.05, 4.69) is 9.97 Å². The van der Waals surface area contributed by atoms with Crippen molar-refractivity contribution in [3.8, 4) is 0 Å². The number of nitrogens with zero attached hydrogens (tertiary/aromatic N) is 3. The van der Waals surface area contributed by atoms with Crippen LogP contribution in [-0.2, 0) is 4.84 Å². The highest BCUT2D eigenvalue weighted by Crippen LogP contribution is 2.23. The van der Waals surface area contributed by atoms with Gasteiger partial charge in [-0.1, -0.05) is 17.2 Å². The van der Waals surface area contributed by atoms with Gasteiger partial charge in [0.1, 0.15) is 0 Å². The average Bonchev–Trinajstić information content (AvgIpc) is 2.80. The van der Waals surface area contributed by atoms with E-state index in [-0.39, 0.29) is 11.1 Å². The summed E-state index contributed by atoms with van der Waals surface area (Å²) in [4.78, 5) is 59.6. The lowest BCUT2D eigenvalue weighted by Gasteiger charge is -2.12. The van der Waals surface area contributed by atoms with E-state index in [4.69, 9.17) is 10.6 Å². The summed E-state index contributed by atoms with van der Waals surface area (Å²) >= 11 is 0. The molecule has 3 rings (SSSR count). The van der Waals surface area contributed by atoms with Crippen molar-refractivity contribution in [2.24, 2.45) is 5.73 Å². The topological polar surface area (TPSA) is 133 Å². The summed E-state index contributed by atoms with van der Waals surface area (Å²) in [5.41, 5.74) is 4.40. The number of aromatic nitrogens is 2. The van der Waals surface area contributed by atoms with Crippen LogP contribution in [0.1, 0.15) is 41.7 Å². The highest BCUT2D eigenvalue weighted by atomic mass is 16.7. The van der Waals surface area contributed by atoms with Gasteiger partial charge in [-0.15, -0.1) is 0 Å². The number of imide groups is 1. The minimum atomic E-state index is -1.19. The Bertz CT molecular complexity index is 829. The molecule has 2 N–H and O–H groups in total. The molecule has 2 heterocycles. The fourth-order valence-electron chi connectivity index (χ4n) is 2.04. The fourth-order valence-corrected chi connectivity index (χ4v) is 2.04. The van der Waals surface area contributed by atoms with Crippen molar-refractivity contribution < 1.29 is 24.0 Å². The molecule has 0 unspecified atom stereocenters. The van der Waals surface area contributed by atoms with Gasteiger partial charge >= 0.3 is 5.97 Å². The molecule has 9 heteroatoms. The van der Waals surface area contributed by atoms with Gasteiger partial charge in [0.2, 0.25) is 0 Å². The number of hydrogen-bond acceptors (Lipinski definition) is 7. The Morgan fingerprint density at radius 3 is 2.00 bits per heavy atom. The second-order valence-corrected chi connectivity index (χ2v) is 4.45. The maximum absolute atomic E-state index is 12.1. The van der Waals surface area contributed by atoms with Crippen LogP contribution >= 0.6 is 0 Å². The SMILES string of the molecule is NC(=O)c1nccnc1C(=O)ON1C(=O)c2ccccc2C1=O. The van der Waals surface area contributed by atoms with Gasteiger partial charge in [0.15, 0.2) is 11.4 Å². The summed E-state index contributed by atoms with van der Waals surface area (Å²) in [5.74, 6) is -3.76. The number of hydroxylamine groups is 2. The summed E-state index contributed by atoms with van der Waals surface area (Å²) in [5, 5.41) is 0.312. The molecule has 0 atom stereocenters. The first-order chi connectivity index (χ1) is 11.0. The van der Waals surface area contributed by atoms with E-state index in [1.165, 1.54) is 18.3 Å². The van der Waals surface area contributed by atoms with Crippen LogP contribution < -0.4 is 5.73 Å². The van der Waals surface area contributed by atoms with E-state index in [0.717, 1.165) is 6.20 Å². The zero-order valence-electron chi connectivity index (χ0n) is 11.4. The minimum Gasteiger partial charge on any atom is -0.364 e. The van der Waals surface area contributed by atoms with Crippen LogP contribution in [0.5, 0.6) is 0 Å². The van der Waals surface area contributed by atoms with E-state index in [0.29, 0.717) is 5.06 Å². The van der Waals surface area contributed by atoms with Gasteiger partial charge < -0.3 is 10.6 Å². The molecule has 0 aliphatic carbocycles. The zero-order valence-corrected chi connectivity index (χ0v) is 11.4. The standard InChI is InChI=1S/C14H8N4O5/c15-11(19)9-10(17-6-5-16-9)14(22)23-18-12(20)7-3-1-2-4-8(7)13(18)21/h1-6H,(H2,15,19). The van der Waals surface area contributed by atoms with Gasteiger partial charge in [-0.25, -0.2) is 14.8 Å². The van der Waals surface area contributed by atoms with Crippen molar-refractivity contribution >= 4 is 23.7 Å². The van der Waals surface area contributed by atoms with Gasteiger partial charge in [0, 0.05) is 12.4 Å². The molecule has 1 aliphatic heterocycles. The Morgan fingerprint density at radius 1 is 0.957 bits per heavy atom. The number of hydrogen-bond donors (Lipinski definition) is 1. The summed E-state index contributed by atoms with van der Waals surface area (Å²) < 4.78 is 0. The van der Waals surface area contributed by atoms with Crippen LogP contribution in [0, 0.1) is 0 Å². The normalized spacial score (nSPS) is 13.0. The molecule has 3 amide bonds. The zero-order chi connectivity index (χ0) is 16.6. The molecule has 0 radical (unpaired) electrons. The van der Waals surface area contributed by atoms with Crippen LogP contribution in [0.4, 0.5) is 0 Å². The van der Waals surface area contributed by atoms with Crippen molar-refractivity contribution in [2.45, 2.75) is 0 Å². The lowest BCUT2D eigenvalue weighted by Crippen LogP contribution is -2.34. The number of benzene rings is 1.